The van der Waals surface area contributed by atoms with Gasteiger partial charge < -0.3 is 26.1 Å². The quantitative estimate of drug-likeness (QED) is 0.357. The van der Waals surface area contributed by atoms with Crippen LogP contribution in [0.3, 0.4) is 0 Å². The van der Waals surface area contributed by atoms with Gasteiger partial charge in [-0.2, -0.15) is 0 Å². The van der Waals surface area contributed by atoms with Crippen LogP contribution >= 0.6 is 0 Å². The van der Waals surface area contributed by atoms with Crippen molar-refractivity contribution in [1.29, 1.82) is 0 Å². The van der Waals surface area contributed by atoms with Gasteiger partial charge in [-0.3, -0.25) is 4.79 Å². The normalized spacial score (nSPS) is 12.5. The van der Waals surface area contributed by atoms with Gasteiger partial charge in [0, 0.05) is 11.9 Å². The van der Waals surface area contributed by atoms with Crippen molar-refractivity contribution in [3.05, 3.63) is 18.0 Å². The number of amides is 1. The van der Waals surface area contributed by atoms with Crippen molar-refractivity contribution in [3.8, 4) is 0 Å². The third-order valence-electron chi connectivity index (χ3n) is 3.19. The summed E-state index contributed by atoms with van der Waals surface area (Å²) in [5.74, 6) is -0.0905. The predicted octanol–water partition coefficient (Wildman–Crippen LogP) is 0.732. The van der Waals surface area contributed by atoms with Gasteiger partial charge in [0.15, 0.2) is 0 Å². The molecule has 0 spiro atoms. The first-order valence-corrected chi connectivity index (χ1v) is 7.00. The Bertz CT molecular complexity index is 421. The van der Waals surface area contributed by atoms with Gasteiger partial charge in [0.25, 0.3) is 0 Å². The maximum atomic E-state index is 11.8. The zero-order chi connectivity index (χ0) is 15.1. The van der Waals surface area contributed by atoms with E-state index in [1.807, 2.05) is 19.9 Å². The number of unbranched alkanes of at least 4 members (excludes halogenated alkanes) is 1. The molecule has 112 valence electrons. The van der Waals surface area contributed by atoms with Gasteiger partial charge in [-0.15, -0.1) is 0 Å². The number of aromatic nitrogens is 1. The number of hydrogen-bond donors (Lipinski definition) is 5. The van der Waals surface area contributed by atoms with Crippen LogP contribution < -0.4 is 11.1 Å². The fourth-order valence-corrected chi connectivity index (χ4v) is 1.83. The van der Waals surface area contributed by atoms with Crippen molar-refractivity contribution in [3.63, 3.8) is 0 Å². The molecule has 7 heteroatoms. The fourth-order valence-electron chi connectivity index (χ4n) is 1.83. The highest BCUT2D eigenvalue weighted by Gasteiger charge is 2.17. The van der Waals surface area contributed by atoms with Crippen LogP contribution in [0.4, 0.5) is 5.69 Å². The number of aromatic amines is 1. The van der Waals surface area contributed by atoms with E-state index >= 15 is 0 Å². The van der Waals surface area contributed by atoms with Gasteiger partial charge >= 0.3 is 7.12 Å². The first kappa shape index (κ1) is 16.7. The predicted molar refractivity (Wildman–Crippen MR) is 80.2 cm³/mol. The summed E-state index contributed by atoms with van der Waals surface area (Å²) in [5.41, 5.74) is 7.49. The van der Waals surface area contributed by atoms with Crippen LogP contribution in [-0.4, -0.2) is 34.1 Å². The van der Waals surface area contributed by atoms with E-state index in [4.69, 9.17) is 15.8 Å². The summed E-state index contributed by atoms with van der Waals surface area (Å²) in [5, 5.41) is 20.3. The zero-order valence-corrected chi connectivity index (χ0v) is 12.1. The average Bonchev–Trinajstić information content (AvgIpc) is 2.80. The van der Waals surface area contributed by atoms with Crippen molar-refractivity contribution in [2.45, 2.75) is 45.5 Å². The molecular formula is C13H24BN3O3. The highest BCUT2D eigenvalue weighted by molar-refractivity contribution is 6.40. The molecule has 1 rings (SSSR count). The summed E-state index contributed by atoms with van der Waals surface area (Å²) in [6, 6.07) is 1.36. The third-order valence-corrected chi connectivity index (χ3v) is 3.19. The molecule has 0 unspecified atom stereocenters. The minimum atomic E-state index is -1.23. The van der Waals surface area contributed by atoms with Crippen LogP contribution in [0, 0.1) is 5.92 Å². The lowest BCUT2D eigenvalue weighted by atomic mass is 9.83. The second-order valence-corrected chi connectivity index (χ2v) is 5.40. The number of hydrogen-bond acceptors (Lipinski definition) is 4. The summed E-state index contributed by atoms with van der Waals surface area (Å²) in [6.07, 6.45) is 4.53. The van der Waals surface area contributed by atoms with E-state index in [2.05, 4.69) is 10.3 Å². The van der Waals surface area contributed by atoms with Gasteiger partial charge in [-0.25, -0.2) is 0 Å². The molecule has 1 heterocycles. The molecule has 0 aliphatic rings. The molecule has 1 aromatic rings. The summed E-state index contributed by atoms with van der Waals surface area (Å²) < 4.78 is 0. The van der Waals surface area contributed by atoms with E-state index < -0.39 is 13.2 Å². The van der Waals surface area contributed by atoms with Crippen molar-refractivity contribution in [2.24, 2.45) is 11.7 Å². The fraction of sp³-hybridized carbons (Fsp3) is 0.615. The summed E-state index contributed by atoms with van der Waals surface area (Å²) in [4.78, 5) is 14.9. The van der Waals surface area contributed by atoms with E-state index in [1.54, 1.807) is 6.20 Å². The van der Waals surface area contributed by atoms with Gasteiger partial charge in [0.05, 0.1) is 11.7 Å². The Morgan fingerprint density at radius 1 is 1.45 bits per heavy atom. The van der Waals surface area contributed by atoms with Gasteiger partial charge in [-0.1, -0.05) is 20.3 Å². The molecule has 20 heavy (non-hydrogen) atoms. The lowest BCUT2D eigenvalue weighted by molar-refractivity contribution is -0.118. The Hall–Kier alpha value is -1.31. The number of rotatable bonds is 8. The van der Waals surface area contributed by atoms with Gasteiger partial charge in [0.1, 0.15) is 0 Å². The minimum absolute atomic E-state index is 0.0957. The SMILES string of the molecule is CC(C)[C@H](N)C(=O)Nc1c[nH]c(CCCCB(O)O)c1. The van der Waals surface area contributed by atoms with Crippen LogP contribution in [0.5, 0.6) is 0 Å². The number of carbonyl (C=O) groups excluding carboxylic acids is 1. The number of carbonyl (C=O) groups is 1. The zero-order valence-electron chi connectivity index (χ0n) is 12.1. The lowest BCUT2D eigenvalue weighted by Crippen LogP contribution is -2.39. The molecule has 0 aliphatic carbocycles. The van der Waals surface area contributed by atoms with Crippen LogP contribution in [0.15, 0.2) is 12.3 Å². The maximum Gasteiger partial charge on any atom is 0.451 e. The van der Waals surface area contributed by atoms with E-state index in [9.17, 15) is 4.79 Å². The standard InChI is InChI=1S/C13H24BN3O3/c1-9(2)12(15)13(18)17-11-7-10(16-8-11)5-3-4-6-14(19)20/h7-9,12,16,19-20H,3-6,15H2,1-2H3,(H,17,18)/t12-/m0/s1. The van der Waals surface area contributed by atoms with E-state index in [0.29, 0.717) is 12.0 Å². The largest absolute Gasteiger partial charge is 0.451 e. The Balaban J connectivity index is 2.37. The lowest BCUT2D eigenvalue weighted by Gasteiger charge is -2.14. The van der Waals surface area contributed by atoms with Crippen molar-refractivity contribution >= 4 is 18.7 Å². The number of nitrogens with two attached hydrogens (primary N) is 1. The molecule has 0 radical (unpaired) electrons. The Morgan fingerprint density at radius 2 is 2.15 bits per heavy atom. The van der Waals surface area contributed by atoms with E-state index in [0.717, 1.165) is 25.0 Å². The first-order valence-electron chi connectivity index (χ1n) is 7.00. The van der Waals surface area contributed by atoms with Gasteiger partial charge in [0.2, 0.25) is 5.91 Å². The molecular weight excluding hydrogens is 257 g/mol. The molecule has 0 saturated carbocycles. The van der Waals surface area contributed by atoms with E-state index in [-0.39, 0.29) is 11.8 Å². The summed E-state index contributed by atoms with van der Waals surface area (Å²) in [6.45, 7) is 3.81. The second kappa shape index (κ2) is 8.09. The van der Waals surface area contributed by atoms with Crippen molar-refractivity contribution in [2.75, 3.05) is 5.32 Å². The van der Waals surface area contributed by atoms with Crippen molar-refractivity contribution < 1.29 is 14.8 Å². The van der Waals surface area contributed by atoms with Crippen LogP contribution in [-0.2, 0) is 11.2 Å². The highest BCUT2D eigenvalue weighted by atomic mass is 16.4. The number of anilines is 1. The third kappa shape index (κ3) is 5.77. The Labute approximate surface area is 119 Å². The molecule has 0 aliphatic heterocycles. The number of H-pyrrole nitrogens is 1. The van der Waals surface area contributed by atoms with Gasteiger partial charge in [-0.05, 0) is 31.1 Å². The maximum absolute atomic E-state index is 11.8. The molecule has 0 aromatic carbocycles. The molecule has 0 fully saturated rings. The molecule has 6 N–H and O–H groups in total. The summed E-state index contributed by atoms with van der Waals surface area (Å²) >= 11 is 0. The molecule has 6 nitrogen and oxygen atoms in total. The number of nitrogens with one attached hydrogen (secondary N) is 2. The first-order chi connectivity index (χ1) is 9.40. The Kier molecular flexibility index (Phi) is 6.77. The topological polar surface area (TPSA) is 111 Å². The van der Waals surface area contributed by atoms with E-state index in [1.165, 1.54) is 0 Å². The molecule has 1 atom stereocenters. The highest BCUT2D eigenvalue weighted by Crippen LogP contribution is 2.13. The monoisotopic (exact) mass is 281 g/mol. The molecule has 0 bridgehead atoms. The van der Waals surface area contributed by atoms with Crippen LogP contribution in [0.1, 0.15) is 32.4 Å². The van der Waals surface area contributed by atoms with Crippen molar-refractivity contribution in [1.82, 2.24) is 4.98 Å². The smallest absolute Gasteiger partial charge is 0.427 e. The molecule has 1 aromatic heterocycles. The minimum Gasteiger partial charge on any atom is -0.427 e. The molecule has 1 amide bonds. The summed E-state index contributed by atoms with van der Waals surface area (Å²) in [7, 11) is -1.23. The number of aryl methyl sites for hydroxylation is 1. The van der Waals surface area contributed by atoms with Crippen LogP contribution in [0.25, 0.3) is 0 Å². The van der Waals surface area contributed by atoms with Crippen LogP contribution in [0.2, 0.25) is 6.32 Å². The Morgan fingerprint density at radius 3 is 2.75 bits per heavy atom. The second-order valence-electron chi connectivity index (χ2n) is 5.40. The molecule has 0 saturated heterocycles. The average molecular weight is 281 g/mol.